The second kappa shape index (κ2) is 22.8. The van der Waals surface area contributed by atoms with Crippen LogP contribution in [0.15, 0.2) is 110 Å². The fourth-order valence-electron chi connectivity index (χ4n) is 5.10. The molecule has 0 aliphatic heterocycles. The summed E-state index contributed by atoms with van der Waals surface area (Å²) in [5.41, 5.74) is 7.39. The number of alkyl carbamates (subject to hydrolysis) is 2. The number of nitrogens with one attached hydrogen (secondary N) is 3. The summed E-state index contributed by atoms with van der Waals surface area (Å²) in [7, 11) is 0. The number of carbonyl (C=O) groups is 4. The van der Waals surface area contributed by atoms with Crippen LogP contribution in [0.3, 0.4) is 0 Å². The molecule has 2 aromatic carbocycles. The maximum absolute atomic E-state index is 13.2. The van der Waals surface area contributed by atoms with Gasteiger partial charge in [0, 0.05) is 48.8 Å². The van der Waals surface area contributed by atoms with Crippen molar-refractivity contribution in [1.82, 2.24) is 30.6 Å². The Balaban J connectivity index is 0.000000231. The fourth-order valence-corrected chi connectivity index (χ4v) is 6.62. The minimum Gasteiger partial charge on any atom is -0.480 e. The highest BCUT2D eigenvalue weighted by atomic mass is 32.1. The van der Waals surface area contributed by atoms with E-state index >= 15 is 0 Å². The lowest BCUT2D eigenvalue weighted by Crippen LogP contribution is -2.47. The summed E-state index contributed by atoms with van der Waals surface area (Å²) in [6.07, 6.45) is 8.75. The van der Waals surface area contributed by atoms with Crippen LogP contribution in [0.25, 0.3) is 21.1 Å². The normalized spacial score (nSPS) is 11.9. The Hall–Kier alpha value is -6.86. The smallest absolute Gasteiger partial charge is 0.408 e. The highest BCUT2D eigenvalue weighted by molar-refractivity contribution is 7.19. The predicted octanol–water partition coefficient (Wildman–Crippen LogP) is 8.55. The lowest BCUT2D eigenvalue weighted by atomic mass is 10.1. The number of rotatable bonds is 11. The summed E-state index contributed by atoms with van der Waals surface area (Å²) in [5.74, 6) is -2.39. The van der Waals surface area contributed by atoms with Crippen molar-refractivity contribution in [2.75, 3.05) is 11.1 Å². The quantitative estimate of drug-likeness (QED) is 0.0826. The number of hydrogen-bond donors (Lipinski definition) is 5. The molecule has 6 rings (SSSR count). The average molecular weight is 903 g/mol. The predicted molar refractivity (Wildman–Crippen MR) is 238 cm³/mol. The minimum absolute atomic E-state index is 0.0505. The Kier molecular flexibility index (Phi) is 17.7. The van der Waals surface area contributed by atoms with Gasteiger partial charge in [0.1, 0.15) is 54.9 Å². The van der Waals surface area contributed by atoms with Crippen LogP contribution in [0.1, 0.15) is 52.7 Å². The molecule has 4 aromatic heterocycles. The lowest BCUT2D eigenvalue weighted by molar-refractivity contribution is -0.139. The van der Waals surface area contributed by atoms with E-state index in [-0.39, 0.29) is 18.7 Å². The molecule has 3 amide bonds. The Labute approximate surface area is 371 Å². The zero-order valence-electron chi connectivity index (χ0n) is 35.3. The van der Waals surface area contributed by atoms with Gasteiger partial charge < -0.3 is 36.3 Å². The number of halogens is 2. The standard InChI is InChI=1S/C22H23FN4O3S.C14H18FNO4.C8H7N3S/c1-22(2,3)30-21(29)26-17(12-14-4-6-16(23)7-5-14)19(28)27-18-13-25-20(31-18)15-8-10-24-11-9-15;1-14(2,3)20-13(19)16-11(12(17)18)8-9-4-6-10(15)7-5-9;9-7-5-11-8(12-7)6-1-3-10-4-2-6/h4-11,13,17H,12H2,1-3H3,(H,26,29)(H,27,28);4-7,11H,8H2,1-3H3,(H,16,19)(H,17,18);1-5H,9H2/t17-;11-;/m00./s1. The number of hydrogen-bond acceptors (Lipinski definition) is 13. The van der Waals surface area contributed by atoms with E-state index < -0.39 is 53.2 Å². The van der Waals surface area contributed by atoms with E-state index in [2.05, 4.69) is 35.9 Å². The number of nitrogen functional groups attached to an aromatic ring is 1. The summed E-state index contributed by atoms with van der Waals surface area (Å²) in [6.45, 7) is 10.3. The number of aliphatic carboxylic acids is 1. The molecular formula is C44H48F2N8O7S2. The number of benzene rings is 2. The molecule has 0 radical (unpaired) electrons. The Morgan fingerprint density at radius 2 is 1.06 bits per heavy atom. The first-order chi connectivity index (χ1) is 29.7. The molecular weight excluding hydrogens is 855 g/mol. The maximum Gasteiger partial charge on any atom is 0.408 e. The molecule has 0 bridgehead atoms. The number of carbonyl (C=O) groups excluding carboxylic acids is 3. The summed E-state index contributed by atoms with van der Waals surface area (Å²) < 4.78 is 36.3. The van der Waals surface area contributed by atoms with Crippen LogP contribution in [0.4, 0.5) is 28.4 Å². The van der Waals surface area contributed by atoms with E-state index in [0.717, 1.165) is 26.1 Å². The molecule has 332 valence electrons. The zero-order chi connectivity index (χ0) is 46.2. The molecule has 0 spiro atoms. The summed E-state index contributed by atoms with van der Waals surface area (Å²) >= 11 is 2.78. The maximum atomic E-state index is 13.2. The number of ether oxygens (including phenoxy) is 2. The van der Waals surface area contributed by atoms with E-state index in [0.29, 0.717) is 16.1 Å². The van der Waals surface area contributed by atoms with Crippen LogP contribution in [0.5, 0.6) is 0 Å². The second-order valence-corrected chi connectivity index (χ2v) is 17.5. The van der Waals surface area contributed by atoms with E-state index in [1.807, 2.05) is 24.3 Å². The van der Waals surface area contributed by atoms with Gasteiger partial charge in [-0.2, -0.15) is 0 Å². The fraction of sp³-hybridized carbons (Fsp3) is 0.273. The highest BCUT2D eigenvalue weighted by Gasteiger charge is 2.26. The first-order valence-electron chi connectivity index (χ1n) is 19.2. The molecule has 63 heavy (non-hydrogen) atoms. The van der Waals surface area contributed by atoms with Crippen LogP contribution >= 0.6 is 22.7 Å². The SMILES string of the molecule is CC(C)(C)OC(=O)N[C@@H](Cc1ccc(F)cc1)C(=O)Nc1cnc(-c2ccncc2)s1.CC(C)(C)OC(=O)N[C@@H](Cc1ccc(F)cc1)C(=O)O.Nc1cnc(-c2ccncc2)s1. The molecule has 2 atom stereocenters. The first kappa shape index (κ1) is 48.8. The number of carboxylic acids is 1. The minimum atomic E-state index is -1.18. The van der Waals surface area contributed by atoms with E-state index in [1.54, 1.807) is 90.9 Å². The Morgan fingerprint density at radius 1 is 0.651 bits per heavy atom. The van der Waals surface area contributed by atoms with Gasteiger partial charge in [0.2, 0.25) is 5.91 Å². The van der Waals surface area contributed by atoms with Crippen molar-refractivity contribution in [3.05, 3.63) is 133 Å². The third-order valence-electron chi connectivity index (χ3n) is 7.83. The number of nitrogens with two attached hydrogens (primary N) is 1. The monoisotopic (exact) mass is 902 g/mol. The lowest BCUT2D eigenvalue weighted by Gasteiger charge is -2.23. The van der Waals surface area contributed by atoms with Crippen LogP contribution < -0.4 is 21.7 Å². The van der Waals surface area contributed by atoms with Gasteiger partial charge in [0.05, 0.1) is 12.4 Å². The van der Waals surface area contributed by atoms with Crippen LogP contribution in [0.2, 0.25) is 0 Å². The van der Waals surface area contributed by atoms with Gasteiger partial charge in [-0.3, -0.25) is 14.8 Å². The average Bonchev–Trinajstić information content (AvgIpc) is 3.88. The van der Waals surface area contributed by atoms with E-state index in [4.69, 9.17) is 20.3 Å². The van der Waals surface area contributed by atoms with Gasteiger partial charge in [0.25, 0.3) is 0 Å². The molecule has 6 aromatic rings. The van der Waals surface area contributed by atoms with Crippen LogP contribution in [0, 0.1) is 11.6 Å². The van der Waals surface area contributed by atoms with Gasteiger partial charge in [-0.1, -0.05) is 46.9 Å². The number of anilines is 2. The van der Waals surface area contributed by atoms with Crippen molar-refractivity contribution in [2.45, 2.75) is 77.7 Å². The number of amides is 3. The number of thiazole rings is 2. The van der Waals surface area contributed by atoms with Crippen molar-refractivity contribution < 1.29 is 42.5 Å². The van der Waals surface area contributed by atoms with Crippen LogP contribution in [-0.4, -0.2) is 72.4 Å². The molecule has 0 aliphatic rings. The molecule has 15 nitrogen and oxygen atoms in total. The number of carboxylic acid groups (broad SMARTS) is 1. The molecule has 0 saturated carbocycles. The molecule has 0 saturated heterocycles. The van der Waals surface area contributed by atoms with Crippen molar-refractivity contribution in [2.24, 2.45) is 0 Å². The largest absolute Gasteiger partial charge is 0.480 e. The van der Waals surface area contributed by atoms with Gasteiger partial charge in [-0.15, -0.1) is 0 Å². The topological polar surface area (TPSA) is 221 Å². The van der Waals surface area contributed by atoms with Gasteiger partial charge >= 0.3 is 18.2 Å². The number of aromatic nitrogens is 4. The van der Waals surface area contributed by atoms with Crippen molar-refractivity contribution in [3.8, 4) is 21.1 Å². The molecule has 19 heteroatoms. The van der Waals surface area contributed by atoms with Gasteiger partial charge in [-0.05, 0) is 101 Å². The van der Waals surface area contributed by atoms with E-state index in [9.17, 15) is 28.0 Å². The van der Waals surface area contributed by atoms with Crippen molar-refractivity contribution in [3.63, 3.8) is 0 Å². The second-order valence-electron chi connectivity index (χ2n) is 15.5. The highest BCUT2D eigenvalue weighted by Crippen LogP contribution is 2.28. The zero-order valence-corrected chi connectivity index (χ0v) is 36.9. The molecule has 4 heterocycles. The van der Waals surface area contributed by atoms with Crippen molar-refractivity contribution >= 4 is 56.7 Å². The molecule has 0 fully saturated rings. The van der Waals surface area contributed by atoms with Gasteiger partial charge in [-0.25, -0.2) is 33.1 Å². The van der Waals surface area contributed by atoms with Gasteiger partial charge in [0.15, 0.2) is 0 Å². The third kappa shape index (κ3) is 17.9. The van der Waals surface area contributed by atoms with Crippen molar-refractivity contribution in [1.29, 1.82) is 0 Å². The Morgan fingerprint density at radius 3 is 1.48 bits per heavy atom. The first-order valence-corrected chi connectivity index (χ1v) is 20.9. The summed E-state index contributed by atoms with van der Waals surface area (Å²) in [6, 6.07) is 16.6. The third-order valence-corrected chi connectivity index (χ3v) is 9.67. The molecule has 6 N–H and O–H groups in total. The summed E-state index contributed by atoms with van der Waals surface area (Å²) in [4.78, 5) is 64.3. The number of pyridine rings is 2. The summed E-state index contributed by atoms with van der Waals surface area (Å²) in [5, 5.41) is 19.7. The van der Waals surface area contributed by atoms with Crippen LogP contribution in [-0.2, 0) is 31.9 Å². The molecule has 0 aliphatic carbocycles. The molecule has 0 unspecified atom stereocenters. The number of nitrogens with zero attached hydrogens (tertiary/aromatic N) is 4. The Bertz CT molecular complexity index is 2390. The van der Waals surface area contributed by atoms with E-state index in [1.165, 1.54) is 59.1 Å².